The highest BCUT2D eigenvalue weighted by Crippen LogP contribution is 2.27. The standard InChI is InChI=1S/C32H30N6O6/c39-28(40)16-26-32(44)37(13-5-6-14-38-30(42)21-7-1-2-8-22(21)31(38)43)18-20-15-19(11-12-23(20)34-26)29(41)33-17-27-35-24-9-3-4-10-25(24)36-27/h1-4,7-12,15,26,34H,5-6,13-14,16-18H2,(H,33,41)(H,35,36)(H,39,40)/t26-/m0/s1. The lowest BCUT2D eigenvalue weighted by atomic mass is 10.1. The predicted molar refractivity (Wildman–Crippen MR) is 160 cm³/mol. The molecule has 0 bridgehead atoms. The minimum atomic E-state index is -1.12. The van der Waals surface area contributed by atoms with E-state index in [1.165, 1.54) is 4.90 Å². The zero-order chi connectivity index (χ0) is 30.8. The number of fused-ring (bicyclic) bond motifs is 3. The molecule has 1 atom stereocenters. The number of imide groups is 1. The maximum atomic E-state index is 13.4. The smallest absolute Gasteiger partial charge is 0.305 e. The fourth-order valence-electron chi connectivity index (χ4n) is 5.63. The van der Waals surface area contributed by atoms with Gasteiger partial charge in [-0.05, 0) is 60.9 Å². The molecule has 2 aliphatic rings. The fraction of sp³-hybridized carbons (Fsp3) is 0.250. The van der Waals surface area contributed by atoms with E-state index in [1.807, 2.05) is 24.3 Å². The molecule has 0 saturated heterocycles. The van der Waals surface area contributed by atoms with Crippen molar-refractivity contribution in [2.24, 2.45) is 0 Å². The normalized spacial score (nSPS) is 16.0. The van der Waals surface area contributed by atoms with Gasteiger partial charge in [-0.15, -0.1) is 0 Å². The van der Waals surface area contributed by atoms with Crippen LogP contribution in [0.1, 0.15) is 61.7 Å². The first-order chi connectivity index (χ1) is 21.3. The third-order valence-electron chi connectivity index (χ3n) is 7.84. The van der Waals surface area contributed by atoms with Gasteiger partial charge in [-0.2, -0.15) is 0 Å². The van der Waals surface area contributed by atoms with Gasteiger partial charge in [0.15, 0.2) is 0 Å². The number of para-hydroxylation sites is 2. The summed E-state index contributed by atoms with van der Waals surface area (Å²) in [7, 11) is 0. The van der Waals surface area contributed by atoms with Crippen molar-refractivity contribution in [2.45, 2.75) is 38.4 Å². The summed E-state index contributed by atoms with van der Waals surface area (Å²) in [5, 5.41) is 15.4. The minimum absolute atomic E-state index is 0.162. The molecule has 0 saturated carbocycles. The average molecular weight is 595 g/mol. The van der Waals surface area contributed by atoms with E-state index in [0.29, 0.717) is 46.6 Å². The number of H-pyrrole nitrogens is 1. The van der Waals surface area contributed by atoms with Gasteiger partial charge in [-0.25, -0.2) is 4.98 Å². The molecule has 1 aromatic heterocycles. The molecule has 224 valence electrons. The Morgan fingerprint density at radius 1 is 0.932 bits per heavy atom. The molecule has 0 spiro atoms. The van der Waals surface area contributed by atoms with E-state index < -0.39 is 18.4 Å². The Hall–Kier alpha value is -5.52. The highest BCUT2D eigenvalue weighted by Gasteiger charge is 2.35. The monoisotopic (exact) mass is 594 g/mol. The Morgan fingerprint density at radius 2 is 1.64 bits per heavy atom. The molecular formula is C32H30N6O6. The van der Waals surface area contributed by atoms with Gasteiger partial charge in [0, 0.05) is 30.9 Å². The molecule has 4 amide bonds. The quantitative estimate of drug-likeness (QED) is 0.161. The Labute approximate surface area is 252 Å². The molecule has 0 unspecified atom stereocenters. The number of carbonyl (C=O) groups is 5. The Kier molecular flexibility index (Phi) is 7.80. The largest absolute Gasteiger partial charge is 0.481 e. The second kappa shape index (κ2) is 12.0. The van der Waals surface area contributed by atoms with Gasteiger partial charge in [0.25, 0.3) is 17.7 Å². The number of rotatable bonds is 10. The maximum Gasteiger partial charge on any atom is 0.305 e. The molecule has 0 fully saturated rings. The van der Waals surface area contributed by atoms with Crippen LogP contribution in [0.2, 0.25) is 0 Å². The lowest BCUT2D eigenvalue weighted by Gasteiger charge is -2.24. The van der Waals surface area contributed by atoms with Crippen molar-refractivity contribution in [1.29, 1.82) is 0 Å². The second-order valence-corrected chi connectivity index (χ2v) is 10.8. The van der Waals surface area contributed by atoms with Gasteiger partial charge in [-0.1, -0.05) is 24.3 Å². The van der Waals surface area contributed by atoms with Crippen LogP contribution in [0.4, 0.5) is 5.69 Å². The third kappa shape index (κ3) is 5.74. The zero-order valence-corrected chi connectivity index (χ0v) is 23.7. The highest BCUT2D eigenvalue weighted by molar-refractivity contribution is 6.21. The summed E-state index contributed by atoms with van der Waals surface area (Å²) in [6.45, 7) is 0.843. The van der Waals surface area contributed by atoms with E-state index in [1.54, 1.807) is 47.4 Å². The fourth-order valence-corrected chi connectivity index (χ4v) is 5.63. The molecule has 2 aliphatic heterocycles. The van der Waals surface area contributed by atoms with Gasteiger partial charge in [0.1, 0.15) is 11.9 Å². The van der Waals surface area contributed by atoms with Crippen molar-refractivity contribution in [2.75, 3.05) is 18.4 Å². The molecule has 12 heteroatoms. The van der Waals surface area contributed by atoms with Crippen LogP contribution in [-0.2, 0) is 22.7 Å². The third-order valence-corrected chi connectivity index (χ3v) is 7.84. The number of nitrogens with zero attached hydrogens (tertiary/aromatic N) is 3. The van der Waals surface area contributed by atoms with Crippen molar-refractivity contribution in [3.05, 3.63) is 94.8 Å². The number of aliphatic carboxylic acids is 1. The predicted octanol–water partition coefficient (Wildman–Crippen LogP) is 3.17. The van der Waals surface area contributed by atoms with E-state index >= 15 is 0 Å². The summed E-state index contributed by atoms with van der Waals surface area (Å²) in [6.07, 6.45) is 0.527. The summed E-state index contributed by atoms with van der Waals surface area (Å²) >= 11 is 0. The van der Waals surface area contributed by atoms with Gasteiger partial charge in [0.05, 0.1) is 35.1 Å². The molecule has 0 aliphatic carbocycles. The summed E-state index contributed by atoms with van der Waals surface area (Å²) in [5.74, 6) is -1.86. The van der Waals surface area contributed by atoms with Crippen LogP contribution in [0.15, 0.2) is 66.7 Å². The van der Waals surface area contributed by atoms with E-state index in [-0.39, 0.29) is 49.8 Å². The Balaban J connectivity index is 1.12. The van der Waals surface area contributed by atoms with E-state index in [0.717, 1.165) is 11.0 Å². The van der Waals surface area contributed by atoms with Crippen LogP contribution in [0.25, 0.3) is 11.0 Å². The topological polar surface area (TPSA) is 165 Å². The lowest BCUT2D eigenvalue weighted by Crippen LogP contribution is -2.42. The number of hydrogen-bond donors (Lipinski definition) is 4. The van der Waals surface area contributed by atoms with E-state index in [9.17, 15) is 29.1 Å². The highest BCUT2D eigenvalue weighted by atomic mass is 16.4. The van der Waals surface area contributed by atoms with Crippen LogP contribution in [0.3, 0.4) is 0 Å². The van der Waals surface area contributed by atoms with Crippen LogP contribution in [0, 0.1) is 0 Å². The molecule has 4 N–H and O–H groups in total. The van der Waals surface area contributed by atoms with E-state index in [4.69, 9.17) is 0 Å². The van der Waals surface area contributed by atoms with Crippen molar-refractivity contribution >= 4 is 46.3 Å². The molecule has 3 heterocycles. The molecule has 44 heavy (non-hydrogen) atoms. The van der Waals surface area contributed by atoms with Crippen molar-refractivity contribution < 1.29 is 29.1 Å². The zero-order valence-electron chi connectivity index (χ0n) is 23.7. The number of anilines is 1. The molecule has 4 aromatic rings. The Morgan fingerprint density at radius 3 is 2.36 bits per heavy atom. The molecule has 6 rings (SSSR count). The maximum absolute atomic E-state index is 13.4. The number of aromatic amines is 1. The summed E-state index contributed by atoms with van der Waals surface area (Å²) < 4.78 is 0. The molecule has 3 aromatic carbocycles. The number of hydrogen-bond acceptors (Lipinski definition) is 7. The Bertz CT molecular complexity index is 1730. The van der Waals surface area contributed by atoms with Gasteiger partial charge >= 0.3 is 5.97 Å². The minimum Gasteiger partial charge on any atom is -0.481 e. The number of benzene rings is 3. The average Bonchev–Trinajstić information content (AvgIpc) is 3.51. The number of amides is 4. The SMILES string of the molecule is O=C(O)C[C@@H]1Nc2ccc(C(=O)NCc3nc4ccccc4[nH]3)cc2CN(CCCCN2C(=O)c3ccccc3C2=O)C1=O. The summed E-state index contributed by atoms with van der Waals surface area (Å²) in [6, 6.07) is 18.3. The first kappa shape index (κ1) is 28.6. The number of carbonyl (C=O) groups excluding carboxylic acids is 4. The number of unbranched alkanes of at least 4 members (excludes halogenated alkanes) is 1. The summed E-state index contributed by atoms with van der Waals surface area (Å²) in [5.41, 5.74) is 4.08. The van der Waals surface area contributed by atoms with Crippen LogP contribution < -0.4 is 10.6 Å². The number of imidazole rings is 1. The molecular weight excluding hydrogens is 564 g/mol. The van der Waals surface area contributed by atoms with Gasteiger partial charge < -0.3 is 25.6 Å². The molecule has 12 nitrogen and oxygen atoms in total. The van der Waals surface area contributed by atoms with Gasteiger partial charge in [0.2, 0.25) is 5.91 Å². The number of aromatic nitrogens is 2. The molecule has 0 radical (unpaired) electrons. The van der Waals surface area contributed by atoms with Crippen molar-refractivity contribution in [1.82, 2.24) is 25.1 Å². The van der Waals surface area contributed by atoms with Crippen LogP contribution >= 0.6 is 0 Å². The van der Waals surface area contributed by atoms with Crippen LogP contribution in [0.5, 0.6) is 0 Å². The first-order valence-electron chi connectivity index (χ1n) is 14.4. The van der Waals surface area contributed by atoms with Gasteiger partial charge in [-0.3, -0.25) is 28.9 Å². The van der Waals surface area contributed by atoms with E-state index in [2.05, 4.69) is 20.6 Å². The van der Waals surface area contributed by atoms with Crippen molar-refractivity contribution in [3.8, 4) is 0 Å². The van der Waals surface area contributed by atoms with Crippen molar-refractivity contribution in [3.63, 3.8) is 0 Å². The van der Waals surface area contributed by atoms with Crippen LogP contribution in [-0.4, -0.2) is 73.6 Å². The summed E-state index contributed by atoms with van der Waals surface area (Å²) in [4.78, 5) is 73.8. The second-order valence-electron chi connectivity index (χ2n) is 10.8. The first-order valence-corrected chi connectivity index (χ1v) is 14.4. The number of carboxylic acid groups (broad SMARTS) is 1. The lowest BCUT2D eigenvalue weighted by molar-refractivity contribution is -0.141. The number of carboxylic acids is 1. The number of nitrogens with one attached hydrogen (secondary N) is 3.